The third-order valence-electron chi connectivity index (χ3n) is 2.95. The summed E-state index contributed by atoms with van der Waals surface area (Å²) in [5.41, 5.74) is 0.765. The molecule has 0 amide bonds. The molecule has 0 aliphatic carbocycles. The first kappa shape index (κ1) is 13.1. The maximum Gasteiger partial charge on any atom is 0.189 e. The predicted molar refractivity (Wildman–Crippen MR) is 71.8 cm³/mol. The summed E-state index contributed by atoms with van der Waals surface area (Å²) >= 11 is 0. The number of carbonyl (C=O) groups excluding carboxylic acids is 2. The molecule has 1 aromatic carbocycles. The molecule has 0 atom stereocenters. The topological polar surface area (TPSA) is 63.6 Å². The zero-order valence-electron chi connectivity index (χ0n) is 10.6. The Morgan fingerprint density at radius 1 is 1.53 bits per heavy atom. The number of ketones is 2. The minimum atomic E-state index is -0.426. The quantitative estimate of drug-likeness (QED) is 0.668. The summed E-state index contributed by atoms with van der Waals surface area (Å²) in [5, 5.41) is 10.2. The Balaban J connectivity index is 2.77. The van der Waals surface area contributed by atoms with Crippen molar-refractivity contribution in [3.63, 3.8) is 0 Å². The first-order valence-corrected chi connectivity index (χ1v) is 5.95. The second-order valence-electron chi connectivity index (χ2n) is 4.15. The number of phenolic OH excluding ortho intramolecular Hbond substituents is 1. The molecule has 0 radical (unpaired) electrons. The summed E-state index contributed by atoms with van der Waals surface area (Å²) in [6.45, 7) is 5.45. The van der Waals surface area contributed by atoms with Crippen molar-refractivity contribution in [3.8, 4) is 11.5 Å². The molecule has 98 valence electrons. The van der Waals surface area contributed by atoms with E-state index in [1.165, 1.54) is 6.07 Å². The zero-order valence-corrected chi connectivity index (χ0v) is 10.6. The number of aromatic hydroxyl groups is 1. The van der Waals surface area contributed by atoms with Gasteiger partial charge in [-0.15, -0.1) is 0 Å². The van der Waals surface area contributed by atoms with Crippen molar-refractivity contribution in [2.24, 2.45) is 0 Å². The van der Waals surface area contributed by atoms with Gasteiger partial charge in [0.15, 0.2) is 11.6 Å². The number of hydrogen-bond acceptors (Lipinski definition) is 4. The monoisotopic (exact) mass is 258 g/mol. The van der Waals surface area contributed by atoms with E-state index in [0.29, 0.717) is 16.9 Å². The standard InChI is InChI=1S/C15H14O4/c1-3-5-9-14(18)10(12(16)4-2)8-11-13(17)6-7-19-15(9)11/h3-5,8,18H,2,6-7H2,1H3/b5-3+. The molecular weight excluding hydrogens is 244 g/mol. The van der Waals surface area contributed by atoms with Gasteiger partial charge in [-0.25, -0.2) is 0 Å². The number of rotatable bonds is 3. The summed E-state index contributed by atoms with van der Waals surface area (Å²) in [4.78, 5) is 23.6. The van der Waals surface area contributed by atoms with Crippen LogP contribution in [0.1, 0.15) is 39.6 Å². The SMILES string of the molecule is C=CC(=O)c1cc2c(c(/C=C/C)c1O)OCCC2=O. The Labute approximate surface area is 111 Å². The molecule has 1 aliphatic rings. The lowest BCUT2D eigenvalue weighted by atomic mass is 9.94. The van der Waals surface area contributed by atoms with Crippen LogP contribution < -0.4 is 4.74 Å². The lowest BCUT2D eigenvalue weighted by Gasteiger charge is -2.20. The summed E-state index contributed by atoms with van der Waals surface area (Å²) in [6.07, 6.45) is 4.70. The fourth-order valence-electron chi connectivity index (χ4n) is 2.04. The lowest BCUT2D eigenvalue weighted by Crippen LogP contribution is -2.17. The molecule has 0 fully saturated rings. The van der Waals surface area contributed by atoms with Gasteiger partial charge >= 0.3 is 0 Å². The van der Waals surface area contributed by atoms with Gasteiger partial charge in [0.05, 0.1) is 23.3 Å². The highest BCUT2D eigenvalue weighted by atomic mass is 16.5. The van der Waals surface area contributed by atoms with E-state index in [4.69, 9.17) is 4.74 Å². The summed E-state index contributed by atoms with van der Waals surface area (Å²) < 4.78 is 5.46. The number of hydrogen-bond donors (Lipinski definition) is 1. The molecule has 1 N–H and O–H groups in total. The predicted octanol–water partition coefficient (Wildman–Crippen LogP) is 2.76. The van der Waals surface area contributed by atoms with E-state index in [9.17, 15) is 14.7 Å². The second-order valence-corrected chi connectivity index (χ2v) is 4.15. The maximum atomic E-state index is 11.9. The number of carbonyl (C=O) groups is 2. The molecule has 4 heteroatoms. The number of benzene rings is 1. The van der Waals surface area contributed by atoms with Crippen molar-refractivity contribution in [1.82, 2.24) is 0 Å². The summed E-state index contributed by atoms with van der Waals surface area (Å²) in [7, 11) is 0. The van der Waals surface area contributed by atoms with Crippen LogP contribution in [0.15, 0.2) is 24.8 Å². The van der Waals surface area contributed by atoms with Crippen LogP contribution in [0.5, 0.6) is 11.5 Å². The van der Waals surface area contributed by atoms with Gasteiger partial charge in [0, 0.05) is 6.42 Å². The Morgan fingerprint density at radius 3 is 2.89 bits per heavy atom. The van der Waals surface area contributed by atoms with Crippen LogP contribution in [0.4, 0.5) is 0 Å². The zero-order chi connectivity index (χ0) is 14.0. The molecule has 1 aliphatic heterocycles. The van der Waals surface area contributed by atoms with Crippen LogP contribution in [-0.4, -0.2) is 23.3 Å². The third kappa shape index (κ3) is 2.17. The third-order valence-corrected chi connectivity index (χ3v) is 2.95. The van der Waals surface area contributed by atoms with E-state index in [0.717, 1.165) is 6.08 Å². The maximum absolute atomic E-state index is 11.9. The highest BCUT2D eigenvalue weighted by Gasteiger charge is 2.26. The minimum absolute atomic E-state index is 0.0701. The van der Waals surface area contributed by atoms with Gasteiger partial charge in [0.25, 0.3) is 0 Å². The normalized spacial score (nSPS) is 14.1. The average Bonchev–Trinajstić information content (AvgIpc) is 2.41. The smallest absolute Gasteiger partial charge is 0.189 e. The Morgan fingerprint density at radius 2 is 2.26 bits per heavy atom. The van der Waals surface area contributed by atoms with Gasteiger partial charge in [-0.3, -0.25) is 9.59 Å². The highest BCUT2D eigenvalue weighted by molar-refractivity contribution is 6.10. The van der Waals surface area contributed by atoms with Crippen molar-refractivity contribution in [1.29, 1.82) is 0 Å². The Hall–Kier alpha value is -2.36. The van der Waals surface area contributed by atoms with Gasteiger partial charge in [-0.05, 0) is 19.1 Å². The van der Waals surface area contributed by atoms with Crippen molar-refractivity contribution >= 4 is 17.6 Å². The summed E-state index contributed by atoms with van der Waals surface area (Å²) in [5.74, 6) is -0.363. The molecule has 19 heavy (non-hydrogen) atoms. The fourth-order valence-corrected chi connectivity index (χ4v) is 2.04. The molecule has 1 aromatic rings. The fraction of sp³-hybridized carbons (Fsp3) is 0.200. The van der Waals surface area contributed by atoms with Crippen LogP contribution in [0.2, 0.25) is 0 Å². The average molecular weight is 258 g/mol. The van der Waals surface area contributed by atoms with Crippen LogP contribution in [0.25, 0.3) is 6.08 Å². The molecule has 0 saturated heterocycles. The Bertz CT molecular complexity index is 597. The van der Waals surface area contributed by atoms with Crippen LogP contribution in [-0.2, 0) is 0 Å². The molecular formula is C15H14O4. The van der Waals surface area contributed by atoms with E-state index in [-0.39, 0.29) is 30.1 Å². The van der Waals surface area contributed by atoms with Crippen LogP contribution >= 0.6 is 0 Å². The van der Waals surface area contributed by atoms with Crippen LogP contribution in [0.3, 0.4) is 0 Å². The number of fused-ring (bicyclic) bond motifs is 1. The summed E-state index contributed by atoms with van der Waals surface area (Å²) in [6, 6.07) is 1.38. The van der Waals surface area contributed by atoms with Crippen molar-refractivity contribution in [3.05, 3.63) is 41.5 Å². The van der Waals surface area contributed by atoms with E-state index in [1.807, 2.05) is 0 Å². The molecule has 4 nitrogen and oxygen atoms in total. The van der Waals surface area contributed by atoms with Crippen LogP contribution in [0, 0.1) is 0 Å². The van der Waals surface area contributed by atoms with E-state index in [1.54, 1.807) is 19.1 Å². The highest BCUT2D eigenvalue weighted by Crippen LogP contribution is 2.39. The minimum Gasteiger partial charge on any atom is -0.506 e. The van der Waals surface area contributed by atoms with Gasteiger partial charge in [0.1, 0.15) is 11.5 Å². The van der Waals surface area contributed by atoms with E-state index < -0.39 is 5.78 Å². The molecule has 0 saturated carbocycles. The van der Waals surface area contributed by atoms with Crippen molar-refractivity contribution in [2.45, 2.75) is 13.3 Å². The van der Waals surface area contributed by atoms with Gasteiger partial charge in [0.2, 0.25) is 0 Å². The number of phenols is 1. The first-order chi connectivity index (χ1) is 9.10. The molecule has 0 bridgehead atoms. The van der Waals surface area contributed by atoms with Gasteiger partial charge < -0.3 is 9.84 Å². The molecule has 0 aromatic heterocycles. The number of allylic oxidation sites excluding steroid dienone is 2. The van der Waals surface area contributed by atoms with E-state index >= 15 is 0 Å². The lowest BCUT2D eigenvalue weighted by molar-refractivity contribution is 0.0933. The van der Waals surface area contributed by atoms with E-state index in [2.05, 4.69) is 6.58 Å². The van der Waals surface area contributed by atoms with Gasteiger partial charge in [-0.2, -0.15) is 0 Å². The molecule has 0 unspecified atom stereocenters. The molecule has 2 rings (SSSR count). The Kier molecular flexibility index (Phi) is 3.51. The molecule has 0 spiro atoms. The second kappa shape index (κ2) is 5.10. The van der Waals surface area contributed by atoms with Crippen molar-refractivity contribution < 1.29 is 19.4 Å². The first-order valence-electron chi connectivity index (χ1n) is 5.95. The molecule has 1 heterocycles. The van der Waals surface area contributed by atoms with Gasteiger partial charge in [-0.1, -0.05) is 18.7 Å². The van der Waals surface area contributed by atoms with Crippen molar-refractivity contribution in [2.75, 3.05) is 6.61 Å². The largest absolute Gasteiger partial charge is 0.506 e. The number of ether oxygens (including phenoxy) is 1. The number of Topliss-reactive ketones (excluding diaryl/α,β-unsaturated/α-hetero) is 1.